The molecule has 1 saturated carbocycles. The zero-order valence-corrected chi connectivity index (χ0v) is 13.1. The number of hydrogen-bond donors (Lipinski definition) is 3. The van der Waals surface area contributed by atoms with Gasteiger partial charge in [0.05, 0.1) is 11.8 Å². The van der Waals surface area contributed by atoms with Gasteiger partial charge in [-0.1, -0.05) is 42.5 Å². The van der Waals surface area contributed by atoms with Gasteiger partial charge in [-0.3, -0.25) is 25.2 Å². The third-order valence-electron chi connectivity index (χ3n) is 4.86. The fourth-order valence-electron chi connectivity index (χ4n) is 3.70. The van der Waals surface area contributed by atoms with Crippen LogP contribution in [0.1, 0.15) is 18.4 Å². The van der Waals surface area contributed by atoms with Crippen LogP contribution in [0.2, 0.25) is 0 Å². The lowest BCUT2D eigenvalue weighted by Crippen LogP contribution is -2.48. The van der Waals surface area contributed by atoms with Gasteiger partial charge in [0.1, 0.15) is 0 Å². The predicted molar refractivity (Wildman–Crippen MR) is 86.4 cm³/mol. The Morgan fingerprint density at radius 2 is 1.67 bits per heavy atom. The maximum Gasteiger partial charge on any atom is 0.307 e. The van der Waals surface area contributed by atoms with Crippen molar-refractivity contribution >= 4 is 17.8 Å². The number of amides is 2. The zero-order chi connectivity index (χ0) is 17.1. The molecule has 3 rings (SSSR count). The number of carboxylic acids is 1. The van der Waals surface area contributed by atoms with Crippen molar-refractivity contribution in [1.82, 2.24) is 10.9 Å². The lowest BCUT2D eigenvalue weighted by atomic mass is 9.82. The van der Waals surface area contributed by atoms with E-state index >= 15 is 0 Å². The van der Waals surface area contributed by atoms with E-state index in [2.05, 4.69) is 10.9 Å². The monoisotopic (exact) mass is 328 g/mol. The van der Waals surface area contributed by atoms with Crippen LogP contribution in [0, 0.1) is 23.7 Å². The van der Waals surface area contributed by atoms with Gasteiger partial charge in [-0.25, -0.2) is 0 Å². The van der Waals surface area contributed by atoms with Crippen molar-refractivity contribution in [2.45, 2.75) is 19.3 Å². The number of hydrogen-bond acceptors (Lipinski definition) is 3. The summed E-state index contributed by atoms with van der Waals surface area (Å²) in [5.74, 6) is -3.14. The summed E-state index contributed by atoms with van der Waals surface area (Å²) in [4.78, 5) is 35.6. The van der Waals surface area contributed by atoms with Gasteiger partial charge in [-0.15, -0.1) is 0 Å². The number of carbonyl (C=O) groups is 3. The number of carbonyl (C=O) groups excluding carboxylic acids is 2. The summed E-state index contributed by atoms with van der Waals surface area (Å²) in [6, 6.07) is 9.59. The Balaban J connectivity index is 1.49. The first-order valence-corrected chi connectivity index (χ1v) is 8.10. The number of aliphatic carboxylic acids is 1. The van der Waals surface area contributed by atoms with Gasteiger partial charge in [0.15, 0.2) is 0 Å². The Kier molecular flexibility index (Phi) is 4.64. The van der Waals surface area contributed by atoms with Crippen molar-refractivity contribution in [2.24, 2.45) is 23.7 Å². The number of carboxylic acid groups (broad SMARTS) is 1. The van der Waals surface area contributed by atoms with Gasteiger partial charge < -0.3 is 5.11 Å². The van der Waals surface area contributed by atoms with Crippen LogP contribution in [0.3, 0.4) is 0 Å². The van der Waals surface area contributed by atoms with E-state index in [1.54, 1.807) is 0 Å². The van der Waals surface area contributed by atoms with Crippen molar-refractivity contribution in [1.29, 1.82) is 0 Å². The average molecular weight is 328 g/mol. The molecule has 24 heavy (non-hydrogen) atoms. The van der Waals surface area contributed by atoms with E-state index in [9.17, 15) is 19.5 Å². The normalized spacial score (nSPS) is 27.0. The molecule has 0 unspecified atom stereocenters. The standard InChI is InChI=1S/C18H20N2O4/c21-14(9-6-11-4-2-1-3-5-11)19-20-17(22)15-12-7-8-13(10-12)16(15)18(23)24/h1-5,7-8,12-13,15-16H,6,9-10H2,(H,19,21)(H,20,22)(H,23,24)/t12-,13-,15+,16-/m0/s1. The van der Waals surface area contributed by atoms with Crippen LogP contribution in [0.15, 0.2) is 42.5 Å². The molecule has 2 bridgehead atoms. The molecule has 0 spiro atoms. The van der Waals surface area contributed by atoms with Gasteiger partial charge in [-0.05, 0) is 30.2 Å². The summed E-state index contributed by atoms with van der Waals surface area (Å²) >= 11 is 0. The highest BCUT2D eigenvalue weighted by Gasteiger charge is 2.51. The molecule has 3 N–H and O–H groups in total. The molecule has 0 radical (unpaired) electrons. The molecule has 2 amide bonds. The van der Waals surface area contributed by atoms with E-state index in [1.807, 2.05) is 42.5 Å². The van der Waals surface area contributed by atoms with E-state index in [4.69, 9.17) is 0 Å². The van der Waals surface area contributed by atoms with Gasteiger partial charge >= 0.3 is 5.97 Å². The molecule has 0 aromatic heterocycles. The minimum absolute atomic E-state index is 0.0580. The van der Waals surface area contributed by atoms with E-state index in [0.29, 0.717) is 12.8 Å². The Bertz CT molecular complexity index is 671. The van der Waals surface area contributed by atoms with Crippen molar-refractivity contribution in [3.8, 4) is 0 Å². The fourth-order valence-corrected chi connectivity index (χ4v) is 3.70. The number of hydrazine groups is 1. The maximum atomic E-state index is 12.3. The van der Waals surface area contributed by atoms with Crippen molar-refractivity contribution in [3.05, 3.63) is 48.0 Å². The van der Waals surface area contributed by atoms with Gasteiger partial charge in [-0.2, -0.15) is 0 Å². The molecule has 6 heteroatoms. The lowest BCUT2D eigenvalue weighted by molar-refractivity contribution is -0.148. The summed E-state index contributed by atoms with van der Waals surface area (Å²) in [7, 11) is 0. The molecule has 1 aromatic carbocycles. The number of aryl methyl sites for hydroxylation is 1. The van der Waals surface area contributed by atoms with Crippen LogP contribution in [0.5, 0.6) is 0 Å². The van der Waals surface area contributed by atoms with E-state index < -0.39 is 23.7 Å². The minimum Gasteiger partial charge on any atom is -0.481 e. The van der Waals surface area contributed by atoms with E-state index in [0.717, 1.165) is 5.56 Å². The molecule has 6 nitrogen and oxygen atoms in total. The van der Waals surface area contributed by atoms with Gasteiger partial charge in [0, 0.05) is 6.42 Å². The second kappa shape index (κ2) is 6.86. The highest BCUT2D eigenvalue weighted by atomic mass is 16.4. The first-order chi connectivity index (χ1) is 11.6. The SMILES string of the molecule is O=C(CCc1ccccc1)NNC(=O)[C@H]1[C@@H](C(=O)O)[C@H]2C=C[C@H]1C2. The van der Waals surface area contributed by atoms with Crippen LogP contribution < -0.4 is 10.9 Å². The number of nitrogens with one attached hydrogen (secondary N) is 2. The summed E-state index contributed by atoms with van der Waals surface area (Å²) in [6.07, 6.45) is 5.31. The number of allylic oxidation sites excluding steroid dienone is 2. The fraction of sp³-hybridized carbons (Fsp3) is 0.389. The lowest BCUT2D eigenvalue weighted by Gasteiger charge is -2.23. The molecule has 1 fully saturated rings. The largest absolute Gasteiger partial charge is 0.481 e. The third-order valence-corrected chi connectivity index (χ3v) is 4.86. The number of rotatable bonds is 5. The Morgan fingerprint density at radius 3 is 2.33 bits per heavy atom. The van der Waals surface area contributed by atoms with Crippen LogP contribution in [0.4, 0.5) is 0 Å². The first-order valence-electron chi connectivity index (χ1n) is 8.10. The number of benzene rings is 1. The Hall–Kier alpha value is -2.63. The summed E-state index contributed by atoms with van der Waals surface area (Å²) < 4.78 is 0. The van der Waals surface area contributed by atoms with Gasteiger partial charge in [0.25, 0.3) is 0 Å². The number of fused-ring (bicyclic) bond motifs is 2. The molecule has 4 atom stereocenters. The van der Waals surface area contributed by atoms with Crippen molar-refractivity contribution in [3.63, 3.8) is 0 Å². The minimum atomic E-state index is -0.956. The Labute approximate surface area is 139 Å². The topological polar surface area (TPSA) is 95.5 Å². The zero-order valence-electron chi connectivity index (χ0n) is 13.1. The molecular weight excluding hydrogens is 308 g/mol. The van der Waals surface area contributed by atoms with E-state index in [1.165, 1.54) is 0 Å². The van der Waals surface area contributed by atoms with Crippen LogP contribution in [0.25, 0.3) is 0 Å². The predicted octanol–water partition coefficient (Wildman–Crippen LogP) is 1.29. The summed E-state index contributed by atoms with van der Waals surface area (Å²) in [5, 5.41) is 9.34. The molecule has 0 heterocycles. The molecular formula is C18H20N2O4. The maximum absolute atomic E-state index is 12.3. The highest BCUT2D eigenvalue weighted by Crippen LogP contribution is 2.48. The quantitative estimate of drug-likeness (QED) is 0.560. The van der Waals surface area contributed by atoms with Crippen LogP contribution >= 0.6 is 0 Å². The van der Waals surface area contributed by atoms with Crippen molar-refractivity contribution in [2.75, 3.05) is 0 Å². The first kappa shape index (κ1) is 16.2. The van der Waals surface area contributed by atoms with Gasteiger partial charge in [0.2, 0.25) is 11.8 Å². The molecule has 2 aliphatic carbocycles. The van der Waals surface area contributed by atoms with Crippen LogP contribution in [-0.2, 0) is 20.8 Å². The molecule has 2 aliphatic rings. The summed E-state index contributed by atoms with van der Waals surface area (Å²) in [6.45, 7) is 0. The highest BCUT2D eigenvalue weighted by molar-refractivity contribution is 5.88. The second-order valence-electron chi connectivity index (χ2n) is 6.36. The summed E-state index contributed by atoms with van der Waals surface area (Å²) in [5.41, 5.74) is 5.83. The third kappa shape index (κ3) is 3.32. The Morgan fingerprint density at radius 1 is 1.00 bits per heavy atom. The smallest absolute Gasteiger partial charge is 0.307 e. The van der Waals surface area contributed by atoms with E-state index in [-0.39, 0.29) is 24.2 Å². The second-order valence-corrected chi connectivity index (χ2v) is 6.36. The molecule has 0 aliphatic heterocycles. The molecule has 0 saturated heterocycles. The molecule has 1 aromatic rings. The average Bonchev–Trinajstić information content (AvgIpc) is 3.20. The van der Waals surface area contributed by atoms with Crippen molar-refractivity contribution < 1.29 is 19.5 Å². The van der Waals surface area contributed by atoms with Crippen LogP contribution in [-0.4, -0.2) is 22.9 Å². The molecule has 126 valence electrons.